The summed E-state index contributed by atoms with van der Waals surface area (Å²) in [4.78, 5) is 2.60. The fourth-order valence-electron chi connectivity index (χ4n) is 3.93. The molecule has 0 bridgehead atoms. The normalized spacial score (nSPS) is 35.7. The van der Waals surface area contributed by atoms with Crippen LogP contribution in [0.1, 0.15) is 53.9 Å². The van der Waals surface area contributed by atoms with Gasteiger partial charge in [-0.1, -0.05) is 13.3 Å². The van der Waals surface area contributed by atoms with E-state index >= 15 is 0 Å². The van der Waals surface area contributed by atoms with Crippen LogP contribution in [0.15, 0.2) is 0 Å². The highest BCUT2D eigenvalue weighted by atomic mass is 16.5. The van der Waals surface area contributed by atoms with Crippen LogP contribution in [0.4, 0.5) is 0 Å². The molecule has 0 aromatic rings. The fraction of sp³-hybridized carbons (Fsp3) is 1.00. The molecule has 2 aliphatic rings. The summed E-state index contributed by atoms with van der Waals surface area (Å²) < 4.78 is 6.19. The molecule has 0 saturated carbocycles. The van der Waals surface area contributed by atoms with E-state index in [-0.39, 0.29) is 17.2 Å². The highest BCUT2D eigenvalue weighted by molar-refractivity contribution is 5.04. The molecule has 2 N–H and O–H groups in total. The molecule has 2 saturated heterocycles. The van der Waals surface area contributed by atoms with Gasteiger partial charge in [0.05, 0.1) is 11.2 Å². The topological polar surface area (TPSA) is 38.5 Å². The first-order chi connectivity index (χ1) is 8.76. The smallest absolute Gasteiger partial charge is 0.0788 e. The van der Waals surface area contributed by atoms with Crippen LogP contribution < -0.4 is 5.73 Å². The van der Waals surface area contributed by atoms with E-state index < -0.39 is 0 Å². The molecule has 0 aromatic carbocycles. The molecule has 112 valence electrons. The Morgan fingerprint density at radius 1 is 1.11 bits per heavy atom. The minimum Gasteiger partial charge on any atom is -0.368 e. The molecule has 19 heavy (non-hydrogen) atoms. The third-order valence-corrected chi connectivity index (χ3v) is 5.39. The largest absolute Gasteiger partial charge is 0.368 e. The van der Waals surface area contributed by atoms with Crippen molar-refractivity contribution in [3.8, 4) is 0 Å². The van der Waals surface area contributed by atoms with Gasteiger partial charge in [-0.25, -0.2) is 0 Å². The number of rotatable bonds is 3. The van der Waals surface area contributed by atoms with Crippen LogP contribution in [-0.4, -0.2) is 41.8 Å². The Morgan fingerprint density at radius 3 is 2.11 bits per heavy atom. The van der Waals surface area contributed by atoms with Crippen molar-refractivity contribution in [1.82, 2.24) is 4.90 Å². The lowest BCUT2D eigenvalue weighted by Gasteiger charge is -2.37. The quantitative estimate of drug-likeness (QED) is 0.855. The number of piperidine rings is 1. The van der Waals surface area contributed by atoms with Crippen LogP contribution >= 0.6 is 0 Å². The predicted molar refractivity (Wildman–Crippen MR) is 80.2 cm³/mol. The number of ether oxygens (including phenoxy) is 1. The molecule has 0 amide bonds. The highest BCUT2D eigenvalue weighted by Gasteiger charge is 2.52. The molecule has 2 aliphatic heterocycles. The number of hydrogen-bond acceptors (Lipinski definition) is 3. The lowest BCUT2D eigenvalue weighted by Crippen LogP contribution is -2.49. The van der Waals surface area contributed by atoms with Gasteiger partial charge in [0.2, 0.25) is 0 Å². The highest BCUT2D eigenvalue weighted by Crippen LogP contribution is 2.41. The monoisotopic (exact) mass is 268 g/mol. The van der Waals surface area contributed by atoms with Gasteiger partial charge in [0.25, 0.3) is 0 Å². The zero-order valence-electron chi connectivity index (χ0n) is 13.4. The van der Waals surface area contributed by atoms with Crippen molar-refractivity contribution < 1.29 is 4.74 Å². The van der Waals surface area contributed by atoms with Crippen LogP contribution in [0.25, 0.3) is 0 Å². The third kappa shape index (κ3) is 3.14. The summed E-state index contributed by atoms with van der Waals surface area (Å²) in [5.74, 6) is 1.37. The minimum atomic E-state index is -0.199. The van der Waals surface area contributed by atoms with Gasteiger partial charge >= 0.3 is 0 Å². The summed E-state index contributed by atoms with van der Waals surface area (Å²) in [7, 11) is 0. The maximum atomic E-state index is 6.45. The average molecular weight is 268 g/mol. The maximum absolute atomic E-state index is 6.45. The molecule has 2 atom stereocenters. The van der Waals surface area contributed by atoms with Crippen molar-refractivity contribution in [1.29, 1.82) is 0 Å². The van der Waals surface area contributed by atoms with Gasteiger partial charge in [-0.15, -0.1) is 0 Å². The molecule has 2 rings (SSSR count). The third-order valence-electron chi connectivity index (χ3n) is 5.39. The second kappa shape index (κ2) is 5.34. The molecular weight excluding hydrogens is 236 g/mol. The molecule has 2 unspecified atom stereocenters. The SMILES string of the molecule is CCC1CCN(CC2C(N)C(C)(C)OC2(C)C)CC1. The van der Waals surface area contributed by atoms with E-state index in [1.54, 1.807) is 0 Å². The zero-order valence-corrected chi connectivity index (χ0v) is 13.4. The van der Waals surface area contributed by atoms with Crippen LogP contribution in [-0.2, 0) is 4.74 Å². The van der Waals surface area contributed by atoms with Crippen LogP contribution in [0.5, 0.6) is 0 Å². The number of likely N-dealkylation sites (tertiary alicyclic amines) is 1. The molecule has 0 radical (unpaired) electrons. The molecule has 3 heteroatoms. The Labute approximate surface area is 118 Å². The standard InChI is InChI=1S/C16H32N2O/c1-6-12-7-9-18(10-8-12)11-13-14(17)16(4,5)19-15(13,2)3/h12-14H,6-11,17H2,1-5H3. The van der Waals surface area contributed by atoms with E-state index in [4.69, 9.17) is 10.5 Å². The van der Waals surface area contributed by atoms with E-state index in [1.165, 1.54) is 32.4 Å². The summed E-state index contributed by atoms with van der Waals surface area (Å²) in [6.07, 6.45) is 4.03. The Bertz CT molecular complexity index is 306. The van der Waals surface area contributed by atoms with E-state index in [0.29, 0.717) is 5.92 Å². The first-order valence-electron chi connectivity index (χ1n) is 7.94. The Hall–Kier alpha value is -0.120. The molecule has 2 fully saturated rings. The summed E-state index contributed by atoms with van der Waals surface area (Å²) in [5, 5.41) is 0. The Balaban J connectivity index is 1.95. The number of hydrogen-bond donors (Lipinski definition) is 1. The van der Waals surface area contributed by atoms with Gasteiger partial charge in [0.15, 0.2) is 0 Å². The molecule has 2 heterocycles. The summed E-state index contributed by atoms with van der Waals surface area (Å²) in [6.45, 7) is 14.5. The number of nitrogens with two attached hydrogens (primary N) is 1. The van der Waals surface area contributed by atoms with Crippen molar-refractivity contribution in [2.24, 2.45) is 17.6 Å². The molecular formula is C16H32N2O. The van der Waals surface area contributed by atoms with Gasteiger partial charge in [-0.05, 0) is 59.5 Å². The van der Waals surface area contributed by atoms with Crippen molar-refractivity contribution in [3.05, 3.63) is 0 Å². The van der Waals surface area contributed by atoms with E-state index in [0.717, 1.165) is 12.5 Å². The van der Waals surface area contributed by atoms with Crippen molar-refractivity contribution in [3.63, 3.8) is 0 Å². The summed E-state index contributed by atoms with van der Waals surface area (Å²) in [5.41, 5.74) is 6.15. The first kappa shape index (κ1) is 15.3. The molecule has 0 spiro atoms. The van der Waals surface area contributed by atoms with Gasteiger partial charge in [0.1, 0.15) is 0 Å². The van der Waals surface area contributed by atoms with Crippen molar-refractivity contribution in [2.75, 3.05) is 19.6 Å². The predicted octanol–water partition coefficient (Wildman–Crippen LogP) is 2.64. The lowest BCUT2D eigenvalue weighted by molar-refractivity contribution is -0.0789. The second-order valence-corrected chi connectivity index (χ2v) is 7.59. The Kier molecular flexibility index (Phi) is 4.29. The zero-order chi connectivity index (χ0) is 14.3. The van der Waals surface area contributed by atoms with Gasteiger partial charge in [0, 0.05) is 18.5 Å². The minimum absolute atomic E-state index is 0.107. The Morgan fingerprint density at radius 2 is 1.68 bits per heavy atom. The molecule has 0 aliphatic carbocycles. The van der Waals surface area contributed by atoms with Gasteiger partial charge in [-0.3, -0.25) is 0 Å². The summed E-state index contributed by atoms with van der Waals surface area (Å²) in [6, 6.07) is 0.131. The van der Waals surface area contributed by atoms with Crippen LogP contribution in [0, 0.1) is 11.8 Å². The van der Waals surface area contributed by atoms with Crippen molar-refractivity contribution in [2.45, 2.75) is 71.1 Å². The van der Waals surface area contributed by atoms with E-state index in [2.05, 4.69) is 39.5 Å². The van der Waals surface area contributed by atoms with Gasteiger partial charge < -0.3 is 15.4 Å². The van der Waals surface area contributed by atoms with Gasteiger partial charge in [-0.2, -0.15) is 0 Å². The molecule has 0 aromatic heterocycles. The summed E-state index contributed by atoms with van der Waals surface area (Å²) >= 11 is 0. The first-order valence-corrected chi connectivity index (χ1v) is 7.94. The lowest BCUT2D eigenvalue weighted by atomic mass is 9.82. The molecule has 3 nitrogen and oxygen atoms in total. The van der Waals surface area contributed by atoms with Crippen LogP contribution in [0.3, 0.4) is 0 Å². The number of nitrogens with zero attached hydrogens (tertiary/aromatic N) is 1. The fourth-order valence-corrected chi connectivity index (χ4v) is 3.93. The van der Waals surface area contributed by atoms with Crippen molar-refractivity contribution >= 4 is 0 Å². The van der Waals surface area contributed by atoms with E-state index in [9.17, 15) is 0 Å². The van der Waals surface area contributed by atoms with E-state index in [1.807, 2.05) is 0 Å². The second-order valence-electron chi connectivity index (χ2n) is 7.59. The average Bonchev–Trinajstić information content (AvgIpc) is 2.48. The van der Waals surface area contributed by atoms with Crippen LogP contribution in [0.2, 0.25) is 0 Å². The maximum Gasteiger partial charge on any atom is 0.0788 e.